The number of hydrogen-bond donors (Lipinski definition) is 1. The zero-order valence-electron chi connectivity index (χ0n) is 23.1. The third-order valence-electron chi connectivity index (χ3n) is 5.38. The molecular weight excluding hydrogens is 616 g/mol. The van der Waals surface area contributed by atoms with E-state index in [-0.39, 0.29) is 0 Å². The Labute approximate surface area is 240 Å². The number of alkyl carbamates (subject to hydrolysis) is 1. The molecule has 0 aliphatic rings. The highest BCUT2D eigenvalue weighted by atomic mass is 32.3. The van der Waals surface area contributed by atoms with Crippen LogP contribution in [0.5, 0.6) is 0 Å². The predicted octanol–water partition coefficient (Wildman–Crippen LogP) is 5.68. The van der Waals surface area contributed by atoms with Crippen molar-refractivity contribution in [3.05, 3.63) is 76.2 Å². The molecule has 0 radical (unpaired) electrons. The van der Waals surface area contributed by atoms with E-state index < -0.39 is 42.7 Å². The fourth-order valence-electron chi connectivity index (χ4n) is 3.20. The number of rotatable bonds is 10. The number of benzene rings is 1. The molecule has 2 rings (SSSR count). The van der Waals surface area contributed by atoms with Crippen LogP contribution in [0, 0.1) is 0 Å². The maximum atomic E-state index is 12.3. The first-order chi connectivity index (χ1) is 19.0. The number of carbonyl (C=O) groups excluding carboxylic acids is 1. The Morgan fingerprint density at radius 2 is 1.55 bits per heavy atom. The van der Waals surface area contributed by atoms with E-state index in [0.29, 0.717) is 13.2 Å². The number of pyridine rings is 1. The van der Waals surface area contributed by atoms with Gasteiger partial charge in [0.05, 0.1) is 5.54 Å². The second-order valence-electron chi connectivity index (χ2n) is 9.30. The number of alkyl halides is 6. The molecule has 0 aliphatic heterocycles. The van der Waals surface area contributed by atoms with E-state index in [1.165, 1.54) is 5.69 Å². The van der Waals surface area contributed by atoms with Crippen molar-refractivity contribution in [1.29, 1.82) is 0 Å². The van der Waals surface area contributed by atoms with Gasteiger partial charge in [0.15, 0.2) is 45.1 Å². The van der Waals surface area contributed by atoms with Gasteiger partial charge in [-0.3, -0.25) is 0 Å². The molecule has 0 aliphatic carbocycles. The van der Waals surface area contributed by atoms with E-state index in [9.17, 15) is 48.0 Å². The minimum absolute atomic E-state index is 0.332. The zero-order chi connectivity index (χ0) is 32.6. The lowest BCUT2D eigenvalue weighted by Crippen LogP contribution is -2.44. The van der Waals surface area contributed by atoms with Gasteiger partial charge in [0.2, 0.25) is 0 Å². The van der Waals surface area contributed by atoms with Crippen molar-refractivity contribution < 1.29 is 57.3 Å². The van der Waals surface area contributed by atoms with Crippen molar-refractivity contribution in [3.8, 4) is 0 Å². The minimum Gasteiger partial charge on any atom is -0.443 e. The molecule has 9 nitrogen and oxygen atoms in total. The maximum absolute atomic E-state index is 12.3. The number of hydrogen-bond acceptors (Lipinski definition) is 6. The van der Waals surface area contributed by atoms with Crippen LogP contribution in [0.15, 0.2) is 55.2 Å². The average molecular weight is 648 g/mol. The van der Waals surface area contributed by atoms with E-state index in [1.807, 2.05) is 57.3 Å². The molecule has 1 aromatic carbocycles. The first-order valence-electron chi connectivity index (χ1n) is 12.1. The number of sulfonamides is 2. The van der Waals surface area contributed by atoms with Crippen LogP contribution in [-0.4, -0.2) is 40.6 Å². The summed E-state index contributed by atoms with van der Waals surface area (Å²) in [4.78, 5) is 12.3. The molecule has 0 saturated carbocycles. The number of nitrogens with zero attached hydrogens (tertiary/aromatic N) is 2. The number of carbonyl (C=O) groups is 1. The van der Waals surface area contributed by atoms with Crippen molar-refractivity contribution in [2.24, 2.45) is 0 Å². The first kappa shape index (κ1) is 36.8. The van der Waals surface area contributed by atoms with E-state index in [1.54, 1.807) is 0 Å². The molecule has 0 atom stereocenters. The average Bonchev–Trinajstić information content (AvgIpc) is 2.83. The molecule has 17 heteroatoms. The van der Waals surface area contributed by atoms with Gasteiger partial charge >= 0.3 is 17.1 Å². The highest BCUT2D eigenvalue weighted by Crippen LogP contribution is 2.36. The summed E-state index contributed by atoms with van der Waals surface area (Å²) in [7, 11) is -13.4. The first-order valence-corrected chi connectivity index (χ1v) is 15.0. The summed E-state index contributed by atoms with van der Waals surface area (Å²) in [5, 5.41) is 2.96. The van der Waals surface area contributed by atoms with Crippen molar-refractivity contribution >= 4 is 31.7 Å². The number of aryl methyl sites for hydroxylation is 1. The fourth-order valence-corrected chi connectivity index (χ4v) is 4.91. The van der Waals surface area contributed by atoms with Crippen molar-refractivity contribution in [2.45, 2.75) is 63.6 Å². The van der Waals surface area contributed by atoms with Gasteiger partial charge in [-0.05, 0) is 44.4 Å². The van der Waals surface area contributed by atoms with Crippen LogP contribution in [0.4, 0.5) is 31.1 Å². The van der Waals surface area contributed by atoms with Crippen LogP contribution >= 0.6 is 0 Å². The lowest BCUT2D eigenvalue weighted by Gasteiger charge is -2.27. The predicted molar refractivity (Wildman–Crippen MR) is 143 cm³/mol. The SMILES string of the molecule is C=C(C)c1cccc(C(C)(C)NC(=O)OCC[n+]2ccccc2CCC)c1.O=S(=O)([N-]S(=O)(=O)C(F)(F)F)C(F)(F)F. The molecule has 42 heavy (non-hydrogen) atoms. The Bertz CT molecular complexity index is 1420. The number of ether oxygens (including phenoxy) is 1. The third kappa shape index (κ3) is 10.9. The number of nitrogens with one attached hydrogen (secondary N) is 1. The van der Waals surface area contributed by atoms with E-state index >= 15 is 0 Å². The summed E-state index contributed by atoms with van der Waals surface area (Å²) in [5.41, 5.74) is -8.60. The molecule has 0 saturated heterocycles. The Kier molecular flexibility index (Phi) is 12.6. The Hall–Kier alpha value is -3.18. The summed E-state index contributed by atoms with van der Waals surface area (Å²) in [6.45, 7) is 13.0. The number of halogens is 6. The second-order valence-corrected chi connectivity index (χ2v) is 12.7. The zero-order valence-corrected chi connectivity index (χ0v) is 24.7. The van der Waals surface area contributed by atoms with Gasteiger partial charge in [-0.15, -0.1) is 0 Å². The van der Waals surface area contributed by atoms with Crippen molar-refractivity contribution in [1.82, 2.24) is 5.32 Å². The van der Waals surface area contributed by atoms with E-state index in [0.717, 1.165) is 33.7 Å². The normalized spacial score (nSPS) is 12.6. The van der Waals surface area contributed by atoms with Gasteiger partial charge in [0.1, 0.15) is 0 Å². The standard InChI is InChI=1S/C23H30N2O2.C2F6NO4S2/c1-6-10-21-13-7-8-14-25(21)15-16-27-22(26)24-23(4,5)20-12-9-11-19(17-20)18(2)3;3-1(4,5)14(10,11)9-15(12,13)2(6,7)8/h7-9,11-14,17H,2,6,10,15-16H2,1,3-5H3;/q;-1/p+1. The largest absolute Gasteiger partial charge is 0.480 e. The highest BCUT2D eigenvalue weighted by molar-refractivity contribution is 8.13. The van der Waals surface area contributed by atoms with Crippen LogP contribution in [0.2, 0.25) is 0 Å². The minimum atomic E-state index is -6.72. The van der Waals surface area contributed by atoms with E-state index in [4.69, 9.17) is 4.74 Å². The van der Waals surface area contributed by atoms with Gasteiger partial charge in [-0.25, -0.2) is 21.6 Å². The molecule has 1 heterocycles. The lowest BCUT2D eigenvalue weighted by atomic mass is 9.92. The summed E-state index contributed by atoms with van der Waals surface area (Å²) >= 11 is 0. The Morgan fingerprint density at radius 1 is 0.976 bits per heavy atom. The summed E-state index contributed by atoms with van der Waals surface area (Å²) in [6.07, 6.45) is 3.72. The maximum Gasteiger partial charge on any atom is 0.480 e. The second kappa shape index (κ2) is 14.3. The van der Waals surface area contributed by atoms with Crippen LogP contribution in [0.25, 0.3) is 9.70 Å². The highest BCUT2D eigenvalue weighted by Gasteiger charge is 2.47. The molecule has 2 aromatic rings. The third-order valence-corrected chi connectivity index (χ3v) is 8.12. The van der Waals surface area contributed by atoms with Crippen LogP contribution in [-0.2, 0) is 43.3 Å². The summed E-state index contributed by atoms with van der Waals surface area (Å²) in [6, 6.07) is 14.2. The summed E-state index contributed by atoms with van der Waals surface area (Å²) < 4.78 is 117. The molecule has 236 valence electrons. The molecule has 0 spiro atoms. The quantitative estimate of drug-likeness (QED) is 0.261. The Balaban J connectivity index is 0.000000501. The number of amides is 1. The number of allylic oxidation sites excluding steroid dienone is 1. The summed E-state index contributed by atoms with van der Waals surface area (Å²) in [5.74, 6) is 0. The van der Waals surface area contributed by atoms with Gasteiger partial charge in [-0.1, -0.05) is 43.3 Å². The monoisotopic (exact) mass is 647 g/mol. The van der Waals surface area contributed by atoms with Crippen LogP contribution in [0.3, 0.4) is 0 Å². The fraction of sp³-hybridized carbons (Fsp3) is 0.440. The van der Waals surface area contributed by atoms with Crippen LogP contribution < -0.4 is 9.88 Å². The van der Waals surface area contributed by atoms with Gasteiger partial charge in [-0.2, -0.15) is 30.9 Å². The van der Waals surface area contributed by atoms with Crippen molar-refractivity contribution in [3.63, 3.8) is 0 Å². The topological polar surface area (TPSA) is 125 Å². The van der Waals surface area contributed by atoms with Gasteiger partial charge in [0.25, 0.3) is 0 Å². The molecule has 0 fully saturated rings. The smallest absolute Gasteiger partial charge is 0.443 e. The molecule has 1 amide bonds. The molecular formula is C25H31F6N3O6S2. The van der Waals surface area contributed by atoms with Gasteiger partial charge in [0, 0.05) is 18.6 Å². The molecule has 1 aromatic heterocycles. The molecule has 0 unspecified atom stereocenters. The van der Waals surface area contributed by atoms with Crippen molar-refractivity contribution in [2.75, 3.05) is 6.61 Å². The molecule has 1 N–H and O–H groups in total. The van der Waals surface area contributed by atoms with E-state index in [2.05, 4.69) is 35.5 Å². The van der Waals surface area contributed by atoms with Crippen LogP contribution in [0.1, 0.15) is 50.9 Å². The molecule has 0 bridgehead atoms. The van der Waals surface area contributed by atoms with Gasteiger partial charge < -0.3 is 14.2 Å². The number of aromatic nitrogens is 1. The Morgan fingerprint density at radius 3 is 2.05 bits per heavy atom. The lowest BCUT2D eigenvalue weighted by molar-refractivity contribution is -0.705.